The molecule has 0 spiro atoms. The fourth-order valence-corrected chi connectivity index (χ4v) is 2.40. The van der Waals surface area contributed by atoms with Crippen LogP contribution in [0.15, 0.2) is 42.5 Å². The van der Waals surface area contributed by atoms with Crippen LogP contribution in [0.4, 0.5) is 5.69 Å². The maximum atomic E-state index is 12.1. The molecule has 23 heavy (non-hydrogen) atoms. The number of nitrogens with one attached hydrogen (secondary N) is 2. The zero-order valence-corrected chi connectivity index (χ0v) is 12.6. The number of anilines is 1. The number of carbonyl (C=O) groups is 2. The highest BCUT2D eigenvalue weighted by Crippen LogP contribution is 2.15. The van der Waals surface area contributed by atoms with Gasteiger partial charge in [-0.15, -0.1) is 0 Å². The van der Waals surface area contributed by atoms with Gasteiger partial charge in [0.05, 0.1) is 17.5 Å². The maximum absolute atomic E-state index is 12.1. The number of amides is 2. The molecular formula is C17H16N4O2. The summed E-state index contributed by atoms with van der Waals surface area (Å²) in [7, 11) is 0. The van der Waals surface area contributed by atoms with Gasteiger partial charge >= 0.3 is 0 Å². The normalized spacial score (nSPS) is 10.7. The Hall–Kier alpha value is -3.15. The number of nitrogens with zero attached hydrogens (tertiary/aromatic N) is 1. The Balaban J connectivity index is 1.69. The van der Waals surface area contributed by atoms with Gasteiger partial charge < -0.3 is 16.0 Å². The number of hydrogen-bond acceptors (Lipinski definition) is 3. The van der Waals surface area contributed by atoms with E-state index in [9.17, 15) is 9.59 Å². The summed E-state index contributed by atoms with van der Waals surface area (Å²) in [5.74, 6) is 0.217. The third-order valence-corrected chi connectivity index (χ3v) is 3.48. The number of fused-ring (bicyclic) bond motifs is 1. The van der Waals surface area contributed by atoms with E-state index in [1.54, 1.807) is 24.3 Å². The Morgan fingerprint density at radius 1 is 1.17 bits per heavy atom. The Kier molecular flexibility index (Phi) is 3.80. The van der Waals surface area contributed by atoms with Gasteiger partial charge in [-0.1, -0.05) is 6.07 Å². The largest absolute Gasteiger partial charge is 0.366 e. The van der Waals surface area contributed by atoms with E-state index in [2.05, 4.69) is 15.3 Å². The molecular weight excluding hydrogens is 292 g/mol. The Morgan fingerprint density at radius 3 is 2.61 bits per heavy atom. The summed E-state index contributed by atoms with van der Waals surface area (Å²) in [5, 5.41) is 2.79. The number of rotatable bonds is 4. The number of aromatic amines is 1. The molecule has 3 aromatic rings. The minimum absolute atomic E-state index is 0.132. The number of hydrogen-bond donors (Lipinski definition) is 3. The van der Waals surface area contributed by atoms with Crippen LogP contribution in [-0.2, 0) is 11.2 Å². The van der Waals surface area contributed by atoms with Crippen molar-refractivity contribution in [1.29, 1.82) is 0 Å². The number of nitrogens with two attached hydrogens (primary N) is 1. The highest BCUT2D eigenvalue weighted by atomic mass is 16.2. The van der Waals surface area contributed by atoms with Gasteiger partial charge in [0.1, 0.15) is 5.82 Å². The Bertz CT molecular complexity index is 881. The molecule has 1 heterocycles. The van der Waals surface area contributed by atoms with E-state index >= 15 is 0 Å². The number of carbonyl (C=O) groups excluding carboxylic acids is 2. The second-order valence-electron chi connectivity index (χ2n) is 5.34. The van der Waals surface area contributed by atoms with E-state index in [1.165, 1.54) is 0 Å². The smallest absolute Gasteiger partial charge is 0.248 e. The van der Waals surface area contributed by atoms with E-state index in [0.29, 0.717) is 11.3 Å². The average molecular weight is 308 g/mol. The van der Waals surface area contributed by atoms with Crippen molar-refractivity contribution in [3.8, 4) is 0 Å². The minimum atomic E-state index is -0.494. The fraction of sp³-hybridized carbons (Fsp3) is 0.118. The molecule has 0 aliphatic rings. The molecule has 0 unspecified atom stereocenters. The van der Waals surface area contributed by atoms with Crippen LogP contribution >= 0.6 is 0 Å². The lowest BCUT2D eigenvalue weighted by atomic mass is 10.1. The summed E-state index contributed by atoms with van der Waals surface area (Å²) in [5.41, 5.74) is 8.90. The fourth-order valence-electron chi connectivity index (χ4n) is 2.40. The Morgan fingerprint density at radius 2 is 1.91 bits per heavy atom. The number of imidazole rings is 1. The molecule has 116 valence electrons. The summed E-state index contributed by atoms with van der Waals surface area (Å²) in [6, 6.07) is 12.2. The van der Waals surface area contributed by atoms with Crippen LogP contribution in [0.5, 0.6) is 0 Å². The first-order valence-corrected chi connectivity index (χ1v) is 7.16. The van der Waals surface area contributed by atoms with Gasteiger partial charge in [0.25, 0.3) is 0 Å². The molecule has 6 heteroatoms. The molecule has 6 nitrogen and oxygen atoms in total. The van der Waals surface area contributed by atoms with E-state index in [-0.39, 0.29) is 12.3 Å². The molecule has 0 saturated carbocycles. The number of aromatic nitrogens is 2. The predicted molar refractivity (Wildman–Crippen MR) is 88.1 cm³/mol. The monoisotopic (exact) mass is 308 g/mol. The SMILES string of the molecule is Cc1nc2ccc(CC(=O)Nc3ccc(C(N)=O)cc3)cc2[nH]1. The molecule has 0 atom stereocenters. The van der Waals surface area contributed by atoms with Gasteiger partial charge in [-0.05, 0) is 48.9 Å². The maximum Gasteiger partial charge on any atom is 0.248 e. The van der Waals surface area contributed by atoms with Crippen molar-refractivity contribution >= 4 is 28.5 Å². The standard InChI is InChI=1S/C17H16N4O2/c1-10-19-14-7-2-11(8-15(14)20-10)9-16(22)21-13-5-3-12(4-6-13)17(18)23/h2-8H,9H2,1H3,(H2,18,23)(H,19,20)(H,21,22). The lowest BCUT2D eigenvalue weighted by molar-refractivity contribution is -0.115. The lowest BCUT2D eigenvalue weighted by Crippen LogP contribution is -2.15. The quantitative estimate of drug-likeness (QED) is 0.688. The third kappa shape index (κ3) is 3.37. The van der Waals surface area contributed by atoms with Crippen molar-refractivity contribution in [2.24, 2.45) is 5.73 Å². The molecule has 0 aliphatic heterocycles. The van der Waals surface area contributed by atoms with E-state index in [4.69, 9.17) is 5.73 Å². The van der Waals surface area contributed by atoms with Crippen molar-refractivity contribution in [3.05, 3.63) is 59.4 Å². The van der Waals surface area contributed by atoms with Crippen molar-refractivity contribution in [2.45, 2.75) is 13.3 Å². The first-order valence-electron chi connectivity index (χ1n) is 7.16. The van der Waals surface area contributed by atoms with Crippen molar-refractivity contribution in [3.63, 3.8) is 0 Å². The van der Waals surface area contributed by atoms with Crippen LogP contribution in [0.25, 0.3) is 11.0 Å². The van der Waals surface area contributed by atoms with Crippen molar-refractivity contribution < 1.29 is 9.59 Å². The first kappa shape index (κ1) is 14.8. The molecule has 0 aliphatic carbocycles. The van der Waals surface area contributed by atoms with Crippen molar-refractivity contribution in [1.82, 2.24) is 9.97 Å². The molecule has 4 N–H and O–H groups in total. The van der Waals surface area contributed by atoms with Gasteiger partial charge in [0, 0.05) is 11.3 Å². The van der Waals surface area contributed by atoms with Crippen LogP contribution in [0.2, 0.25) is 0 Å². The van der Waals surface area contributed by atoms with Gasteiger partial charge in [-0.25, -0.2) is 4.98 Å². The predicted octanol–water partition coefficient (Wildman–Crippen LogP) is 2.15. The zero-order valence-electron chi connectivity index (χ0n) is 12.6. The van der Waals surface area contributed by atoms with Crippen LogP contribution in [-0.4, -0.2) is 21.8 Å². The molecule has 0 saturated heterocycles. The summed E-state index contributed by atoms with van der Waals surface area (Å²) in [4.78, 5) is 30.6. The molecule has 3 rings (SSSR count). The van der Waals surface area contributed by atoms with Crippen LogP contribution < -0.4 is 11.1 Å². The summed E-state index contributed by atoms with van der Waals surface area (Å²) in [6.45, 7) is 1.89. The number of benzene rings is 2. The molecule has 2 amide bonds. The van der Waals surface area contributed by atoms with Crippen LogP contribution in [0, 0.1) is 6.92 Å². The average Bonchev–Trinajstić information content (AvgIpc) is 2.87. The molecule has 0 fully saturated rings. The molecule has 2 aromatic carbocycles. The van der Waals surface area contributed by atoms with E-state index < -0.39 is 5.91 Å². The van der Waals surface area contributed by atoms with E-state index in [0.717, 1.165) is 22.4 Å². The summed E-state index contributed by atoms with van der Waals surface area (Å²) in [6.07, 6.45) is 0.256. The minimum Gasteiger partial charge on any atom is -0.366 e. The zero-order chi connectivity index (χ0) is 16.4. The topological polar surface area (TPSA) is 101 Å². The molecule has 1 aromatic heterocycles. The second kappa shape index (κ2) is 5.92. The highest BCUT2D eigenvalue weighted by Gasteiger charge is 2.07. The summed E-state index contributed by atoms with van der Waals surface area (Å²) < 4.78 is 0. The third-order valence-electron chi connectivity index (χ3n) is 3.48. The number of primary amides is 1. The van der Waals surface area contributed by atoms with Crippen LogP contribution in [0.3, 0.4) is 0 Å². The second-order valence-corrected chi connectivity index (χ2v) is 5.34. The number of aryl methyl sites for hydroxylation is 1. The number of H-pyrrole nitrogens is 1. The van der Waals surface area contributed by atoms with Gasteiger partial charge in [-0.3, -0.25) is 9.59 Å². The van der Waals surface area contributed by atoms with Crippen LogP contribution in [0.1, 0.15) is 21.7 Å². The highest BCUT2D eigenvalue weighted by molar-refractivity contribution is 5.95. The van der Waals surface area contributed by atoms with Gasteiger partial charge in [0.15, 0.2) is 0 Å². The Labute approximate surface area is 132 Å². The van der Waals surface area contributed by atoms with Gasteiger partial charge in [-0.2, -0.15) is 0 Å². The summed E-state index contributed by atoms with van der Waals surface area (Å²) >= 11 is 0. The van der Waals surface area contributed by atoms with Crippen molar-refractivity contribution in [2.75, 3.05) is 5.32 Å². The molecule has 0 radical (unpaired) electrons. The van der Waals surface area contributed by atoms with Gasteiger partial charge in [0.2, 0.25) is 11.8 Å². The molecule has 0 bridgehead atoms. The lowest BCUT2D eigenvalue weighted by Gasteiger charge is -2.06. The van der Waals surface area contributed by atoms with E-state index in [1.807, 2.05) is 25.1 Å². The first-order chi connectivity index (χ1) is 11.0.